The Morgan fingerprint density at radius 3 is 2.50 bits per heavy atom. The van der Waals surface area contributed by atoms with E-state index in [9.17, 15) is 19.7 Å². The van der Waals surface area contributed by atoms with Crippen LogP contribution >= 0.6 is 0 Å². The van der Waals surface area contributed by atoms with E-state index >= 15 is 0 Å². The molecule has 0 atom stereocenters. The molecule has 0 aliphatic rings. The number of aryl methyl sites for hydroxylation is 2. The van der Waals surface area contributed by atoms with Crippen LogP contribution in [0.25, 0.3) is 0 Å². The molecule has 0 aliphatic carbocycles. The topological polar surface area (TPSA) is 98.5 Å². The van der Waals surface area contributed by atoms with Crippen molar-refractivity contribution < 1.29 is 19.2 Å². The van der Waals surface area contributed by atoms with Crippen molar-refractivity contribution in [3.8, 4) is 0 Å². The quantitative estimate of drug-likeness (QED) is 0.485. The van der Waals surface area contributed by atoms with Gasteiger partial charge in [-0.2, -0.15) is 0 Å². The van der Waals surface area contributed by atoms with E-state index < -0.39 is 23.4 Å². The molecule has 26 heavy (non-hydrogen) atoms. The van der Waals surface area contributed by atoms with Crippen molar-refractivity contribution in [1.29, 1.82) is 0 Å². The summed E-state index contributed by atoms with van der Waals surface area (Å²) in [6, 6.07) is 9.86. The first kappa shape index (κ1) is 19.1. The summed E-state index contributed by atoms with van der Waals surface area (Å²) in [5, 5.41) is 13.7. The highest BCUT2D eigenvalue weighted by molar-refractivity contribution is 5.97. The number of esters is 1. The minimum absolute atomic E-state index is 0.0668. The molecular formula is C19H20N2O5. The number of carbonyl (C=O) groups excluding carboxylic acids is 2. The molecule has 0 saturated carbocycles. The minimum Gasteiger partial charge on any atom is -0.452 e. The molecule has 2 aromatic carbocycles. The molecule has 7 heteroatoms. The van der Waals surface area contributed by atoms with Crippen molar-refractivity contribution >= 4 is 23.3 Å². The fraction of sp³-hybridized carbons (Fsp3) is 0.263. The molecule has 2 rings (SSSR count). The van der Waals surface area contributed by atoms with Crippen LogP contribution in [0.15, 0.2) is 36.4 Å². The highest BCUT2D eigenvalue weighted by Gasteiger charge is 2.20. The van der Waals surface area contributed by atoms with Crippen LogP contribution in [0.5, 0.6) is 0 Å². The number of nitro groups is 1. The van der Waals surface area contributed by atoms with Gasteiger partial charge in [0.1, 0.15) is 0 Å². The van der Waals surface area contributed by atoms with Crippen LogP contribution in [-0.2, 0) is 16.0 Å². The van der Waals surface area contributed by atoms with Crippen LogP contribution in [0.3, 0.4) is 0 Å². The van der Waals surface area contributed by atoms with Gasteiger partial charge in [-0.1, -0.05) is 31.2 Å². The molecule has 1 N–H and O–H groups in total. The van der Waals surface area contributed by atoms with Crippen molar-refractivity contribution in [3.63, 3.8) is 0 Å². The fourth-order valence-electron chi connectivity index (χ4n) is 2.63. The second kappa shape index (κ2) is 8.24. The van der Waals surface area contributed by atoms with Gasteiger partial charge in [0, 0.05) is 17.3 Å². The van der Waals surface area contributed by atoms with Gasteiger partial charge in [0.05, 0.1) is 10.5 Å². The van der Waals surface area contributed by atoms with Crippen LogP contribution in [0, 0.1) is 24.0 Å². The lowest BCUT2D eigenvalue weighted by atomic mass is 10.1. The van der Waals surface area contributed by atoms with E-state index in [1.165, 1.54) is 25.1 Å². The van der Waals surface area contributed by atoms with Crippen molar-refractivity contribution in [2.75, 3.05) is 11.9 Å². The summed E-state index contributed by atoms with van der Waals surface area (Å²) < 4.78 is 5.02. The molecule has 7 nitrogen and oxygen atoms in total. The molecule has 0 radical (unpaired) electrons. The smallest absolute Gasteiger partial charge is 0.339 e. The van der Waals surface area contributed by atoms with E-state index in [-0.39, 0.29) is 16.8 Å². The third kappa shape index (κ3) is 4.24. The van der Waals surface area contributed by atoms with Crippen LogP contribution in [0.4, 0.5) is 11.4 Å². The Balaban J connectivity index is 2.06. The van der Waals surface area contributed by atoms with Gasteiger partial charge in [0.15, 0.2) is 6.61 Å². The zero-order valence-corrected chi connectivity index (χ0v) is 14.9. The number of anilines is 1. The van der Waals surface area contributed by atoms with Crippen molar-refractivity contribution in [1.82, 2.24) is 0 Å². The number of nitrogens with zero attached hydrogens (tertiary/aromatic N) is 1. The van der Waals surface area contributed by atoms with Crippen molar-refractivity contribution in [2.24, 2.45) is 0 Å². The average molecular weight is 356 g/mol. The lowest BCUT2D eigenvalue weighted by Crippen LogP contribution is -2.22. The molecule has 0 heterocycles. The number of hydrogen-bond acceptors (Lipinski definition) is 5. The Hall–Kier alpha value is -3.22. The number of ether oxygens (including phenoxy) is 1. The Bertz CT molecular complexity index is 861. The third-order valence-corrected chi connectivity index (χ3v) is 4.06. The highest BCUT2D eigenvalue weighted by Crippen LogP contribution is 2.22. The van der Waals surface area contributed by atoms with Crippen molar-refractivity contribution in [2.45, 2.75) is 27.2 Å². The van der Waals surface area contributed by atoms with E-state index in [4.69, 9.17) is 4.74 Å². The highest BCUT2D eigenvalue weighted by atomic mass is 16.6. The van der Waals surface area contributed by atoms with Gasteiger partial charge in [-0.25, -0.2) is 4.79 Å². The second-order valence-electron chi connectivity index (χ2n) is 5.79. The Morgan fingerprint density at radius 1 is 1.15 bits per heavy atom. The third-order valence-electron chi connectivity index (χ3n) is 4.06. The summed E-state index contributed by atoms with van der Waals surface area (Å²) in [4.78, 5) is 34.7. The standard InChI is InChI=1S/C19H20N2O5/c1-4-14-8-5-7-12(2)18(14)20-17(22)11-26-19(23)15-9-6-10-16(13(15)3)21(24)25/h5-10H,4,11H2,1-3H3,(H,20,22). The van der Waals surface area contributed by atoms with Crippen molar-refractivity contribution in [3.05, 3.63) is 68.8 Å². The van der Waals surface area contributed by atoms with Crippen LogP contribution < -0.4 is 5.32 Å². The van der Waals surface area contributed by atoms with E-state index in [1.807, 2.05) is 32.0 Å². The van der Waals surface area contributed by atoms with E-state index in [0.717, 1.165) is 17.5 Å². The molecule has 0 aliphatic heterocycles. The van der Waals surface area contributed by atoms with Gasteiger partial charge >= 0.3 is 5.97 Å². The minimum atomic E-state index is -0.776. The molecule has 1 amide bonds. The first-order valence-electron chi connectivity index (χ1n) is 8.14. The van der Waals surface area contributed by atoms with Gasteiger partial charge in [-0.05, 0) is 37.5 Å². The zero-order valence-electron chi connectivity index (χ0n) is 14.9. The summed E-state index contributed by atoms with van der Waals surface area (Å²) in [5.74, 6) is -1.24. The first-order chi connectivity index (χ1) is 12.3. The monoisotopic (exact) mass is 356 g/mol. The Labute approximate surface area is 151 Å². The summed E-state index contributed by atoms with van der Waals surface area (Å²) in [6.45, 7) is 4.86. The molecular weight excluding hydrogens is 336 g/mol. The molecule has 136 valence electrons. The number of para-hydroxylation sites is 1. The first-order valence-corrected chi connectivity index (χ1v) is 8.14. The van der Waals surface area contributed by atoms with Gasteiger partial charge in [0.25, 0.3) is 11.6 Å². The molecule has 2 aromatic rings. The molecule has 0 bridgehead atoms. The predicted octanol–water partition coefficient (Wildman–Crippen LogP) is 3.57. The normalized spacial score (nSPS) is 10.3. The maximum Gasteiger partial charge on any atom is 0.339 e. The average Bonchev–Trinajstić information content (AvgIpc) is 2.61. The van der Waals surface area contributed by atoms with Crippen LogP contribution in [0.2, 0.25) is 0 Å². The lowest BCUT2D eigenvalue weighted by Gasteiger charge is -2.13. The molecule has 0 saturated heterocycles. The number of rotatable bonds is 6. The fourth-order valence-corrected chi connectivity index (χ4v) is 2.63. The number of amides is 1. The Morgan fingerprint density at radius 2 is 1.85 bits per heavy atom. The van der Waals surface area contributed by atoms with Gasteiger partial charge < -0.3 is 10.1 Å². The van der Waals surface area contributed by atoms with Crippen LogP contribution in [-0.4, -0.2) is 23.4 Å². The summed E-state index contributed by atoms with van der Waals surface area (Å²) in [7, 11) is 0. The number of nitro benzene ring substituents is 1. The summed E-state index contributed by atoms with van der Waals surface area (Å²) >= 11 is 0. The van der Waals surface area contributed by atoms with Gasteiger partial charge in [-0.15, -0.1) is 0 Å². The molecule has 0 aromatic heterocycles. The number of benzene rings is 2. The number of hydrogen-bond donors (Lipinski definition) is 1. The molecule has 0 fully saturated rings. The van der Waals surface area contributed by atoms with Crippen LogP contribution in [0.1, 0.15) is 34.0 Å². The van der Waals surface area contributed by atoms with E-state index in [2.05, 4.69) is 5.32 Å². The van der Waals surface area contributed by atoms with Gasteiger partial charge in [-0.3, -0.25) is 14.9 Å². The molecule has 0 unspecified atom stereocenters. The van der Waals surface area contributed by atoms with Gasteiger partial charge in [0.2, 0.25) is 0 Å². The summed E-state index contributed by atoms with van der Waals surface area (Å²) in [5.41, 5.74) is 2.71. The molecule has 0 spiro atoms. The van der Waals surface area contributed by atoms with E-state index in [0.29, 0.717) is 5.69 Å². The second-order valence-corrected chi connectivity index (χ2v) is 5.79. The zero-order chi connectivity index (χ0) is 19.3. The maximum absolute atomic E-state index is 12.2. The maximum atomic E-state index is 12.2. The SMILES string of the molecule is CCc1cccc(C)c1NC(=O)COC(=O)c1cccc([N+](=O)[O-])c1C. The predicted molar refractivity (Wildman–Crippen MR) is 97.3 cm³/mol. The lowest BCUT2D eigenvalue weighted by molar-refractivity contribution is -0.385. The van der Waals surface area contributed by atoms with E-state index in [1.54, 1.807) is 0 Å². The largest absolute Gasteiger partial charge is 0.452 e. The number of carbonyl (C=O) groups is 2. The number of nitrogens with one attached hydrogen (secondary N) is 1. The Kier molecular flexibility index (Phi) is 6.06. The summed E-state index contributed by atoms with van der Waals surface area (Å²) in [6.07, 6.45) is 0.754.